The van der Waals surface area contributed by atoms with E-state index in [0.717, 1.165) is 5.56 Å². The molecule has 6 nitrogen and oxygen atoms in total. The Balaban J connectivity index is 1.80. The number of phenols is 1. The van der Waals surface area contributed by atoms with Crippen LogP contribution in [0, 0.1) is 6.92 Å². The molecule has 1 amide bonds. The van der Waals surface area contributed by atoms with Crippen molar-refractivity contribution in [3.63, 3.8) is 0 Å². The average Bonchev–Trinajstić information content (AvgIpc) is 2.64. The molecular weight excluding hydrogens is 364 g/mol. The van der Waals surface area contributed by atoms with Gasteiger partial charge in [-0.05, 0) is 55.0 Å². The van der Waals surface area contributed by atoms with Gasteiger partial charge in [0.25, 0.3) is 15.9 Å². The Labute approximate surface area is 157 Å². The summed E-state index contributed by atoms with van der Waals surface area (Å²) in [6.45, 7) is 1.83. The first-order valence-corrected chi connectivity index (χ1v) is 9.62. The molecule has 0 saturated carbocycles. The van der Waals surface area contributed by atoms with Crippen molar-refractivity contribution in [3.05, 3.63) is 83.9 Å². The van der Waals surface area contributed by atoms with Gasteiger partial charge in [-0.2, -0.15) is 0 Å². The van der Waals surface area contributed by atoms with Crippen LogP contribution in [-0.4, -0.2) is 19.4 Å². The Kier molecular flexibility index (Phi) is 5.14. The maximum atomic E-state index is 12.4. The fraction of sp³-hybridized carbons (Fsp3) is 0.0500. The molecule has 3 rings (SSSR count). The third-order valence-corrected chi connectivity index (χ3v) is 5.23. The highest BCUT2D eigenvalue weighted by Gasteiger charge is 2.15. The summed E-state index contributed by atoms with van der Waals surface area (Å²) in [6, 6.07) is 19.0. The number of aryl methyl sites for hydroxylation is 1. The summed E-state index contributed by atoms with van der Waals surface area (Å²) in [6.07, 6.45) is 0. The third-order valence-electron chi connectivity index (χ3n) is 3.83. The zero-order valence-corrected chi connectivity index (χ0v) is 15.3. The van der Waals surface area contributed by atoms with Gasteiger partial charge in [-0.15, -0.1) is 0 Å². The molecule has 3 aromatic rings. The van der Waals surface area contributed by atoms with Crippen LogP contribution in [0.4, 0.5) is 11.4 Å². The molecule has 3 N–H and O–H groups in total. The SMILES string of the molecule is Cc1ccc(NC(=O)c2cccc(NS(=O)(=O)c3ccccc3)c2)c(O)c1. The van der Waals surface area contributed by atoms with Gasteiger partial charge in [-0.25, -0.2) is 8.42 Å². The minimum atomic E-state index is -3.75. The summed E-state index contributed by atoms with van der Waals surface area (Å²) >= 11 is 0. The van der Waals surface area contributed by atoms with E-state index in [1.807, 2.05) is 6.92 Å². The van der Waals surface area contributed by atoms with Gasteiger partial charge in [0.05, 0.1) is 10.6 Å². The van der Waals surface area contributed by atoms with Gasteiger partial charge >= 0.3 is 0 Å². The topological polar surface area (TPSA) is 95.5 Å². The molecule has 0 aromatic heterocycles. The Morgan fingerprint density at radius 2 is 1.67 bits per heavy atom. The van der Waals surface area contributed by atoms with Crippen molar-refractivity contribution in [2.24, 2.45) is 0 Å². The molecule has 0 aliphatic carbocycles. The minimum Gasteiger partial charge on any atom is -0.506 e. The number of sulfonamides is 1. The second kappa shape index (κ2) is 7.51. The van der Waals surface area contributed by atoms with E-state index in [9.17, 15) is 18.3 Å². The molecule has 0 aliphatic heterocycles. The van der Waals surface area contributed by atoms with Crippen molar-refractivity contribution in [2.45, 2.75) is 11.8 Å². The third kappa shape index (κ3) is 4.45. The average molecular weight is 382 g/mol. The van der Waals surface area contributed by atoms with E-state index >= 15 is 0 Å². The van der Waals surface area contributed by atoms with E-state index in [0.29, 0.717) is 0 Å². The summed E-state index contributed by atoms with van der Waals surface area (Å²) in [7, 11) is -3.75. The van der Waals surface area contributed by atoms with Gasteiger partial charge in [0, 0.05) is 11.3 Å². The lowest BCUT2D eigenvalue weighted by molar-refractivity contribution is 0.102. The van der Waals surface area contributed by atoms with Crippen LogP contribution in [0.1, 0.15) is 15.9 Å². The molecule has 0 heterocycles. The maximum Gasteiger partial charge on any atom is 0.261 e. The highest BCUT2D eigenvalue weighted by atomic mass is 32.2. The van der Waals surface area contributed by atoms with E-state index in [1.165, 1.54) is 18.2 Å². The van der Waals surface area contributed by atoms with Crippen molar-refractivity contribution in [2.75, 3.05) is 10.0 Å². The van der Waals surface area contributed by atoms with Crippen LogP contribution in [0.3, 0.4) is 0 Å². The molecule has 0 unspecified atom stereocenters. The first kappa shape index (κ1) is 18.5. The molecule has 0 aliphatic rings. The van der Waals surface area contributed by atoms with Crippen LogP contribution in [-0.2, 0) is 10.0 Å². The molecule has 0 fully saturated rings. The quantitative estimate of drug-likeness (QED) is 0.586. The van der Waals surface area contributed by atoms with Crippen molar-refractivity contribution in [1.29, 1.82) is 0 Å². The largest absolute Gasteiger partial charge is 0.506 e. The molecular formula is C20H18N2O4S. The zero-order valence-electron chi connectivity index (χ0n) is 14.5. The number of carbonyl (C=O) groups is 1. The first-order valence-electron chi connectivity index (χ1n) is 8.14. The van der Waals surface area contributed by atoms with Crippen LogP contribution in [0.2, 0.25) is 0 Å². The maximum absolute atomic E-state index is 12.4. The van der Waals surface area contributed by atoms with Gasteiger partial charge in [-0.1, -0.05) is 30.3 Å². The number of hydrogen-bond donors (Lipinski definition) is 3. The number of aromatic hydroxyl groups is 1. The summed E-state index contributed by atoms with van der Waals surface area (Å²) in [4.78, 5) is 12.6. The van der Waals surface area contributed by atoms with Crippen LogP contribution in [0.5, 0.6) is 5.75 Å². The van der Waals surface area contributed by atoms with Gasteiger partial charge < -0.3 is 10.4 Å². The number of hydrogen-bond acceptors (Lipinski definition) is 4. The number of rotatable bonds is 5. The Morgan fingerprint density at radius 1 is 0.926 bits per heavy atom. The number of benzene rings is 3. The molecule has 27 heavy (non-hydrogen) atoms. The fourth-order valence-corrected chi connectivity index (χ4v) is 3.55. The fourth-order valence-electron chi connectivity index (χ4n) is 2.48. The second-order valence-corrected chi connectivity index (χ2v) is 7.66. The smallest absolute Gasteiger partial charge is 0.261 e. The van der Waals surface area contributed by atoms with Crippen molar-refractivity contribution in [3.8, 4) is 5.75 Å². The predicted octanol–water partition coefficient (Wildman–Crippen LogP) is 3.75. The van der Waals surface area contributed by atoms with Crippen LogP contribution < -0.4 is 10.0 Å². The molecule has 0 saturated heterocycles. The first-order chi connectivity index (χ1) is 12.8. The summed E-state index contributed by atoms with van der Waals surface area (Å²) < 4.78 is 27.3. The number of anilines is 2. The lowest BCUT2D eigenvalue weighted by atomic mass is 10.1. The van der Waals surface area contributed by atoms with E-state index in [-0.39, 0.29) is 27.6 Å². The minimum absolute atomic E-state index is 0.0377. The summed E-state index contributed by atoms with van der Waals surface area (Å²) in [5, 5.41) is 12.5. The zero-order chi connectivity index (χ0) is 19.4. The summed E-state index contributed by atoms with van der Waals surface area (Å²) in [5.41, 5.74) is 1.66. The van der Waals surface area contributed by atoms with E-state index < -0.39 is 15.9 Å². The highest BCUT2D eigenvalue weighted by molar-refractivity contribution is 7.92. The Hall–Kier alpha value is -3.32. The standard InChI is InChI=1S/C20H18N2O4S/c1-14-10-11-18(19(23)12-14)21-20(24)15-6-5-7-16(13-15)22-27(25,26)17-8-3-2-4-9-17/h2-13,22-23H,1H3,(H,21,24). The molecule has 0 spiro atoms. The second-order valence-electron chi connectivity index (χ2n) is 5.97. The normalized spacial score (nSPS) is 11.0. The van der Waals surface area contributed by atoms with Gasteiger partial charge in [0.1, 0.15) is 5.75 Å². The van der Waals surface area contributed by atoms with Crippen molar-refractivity contribution in [1.82, 2.24) is 0 Å². The van der Waals surface area contributed by atoms with E-state index in [4.69, 9.17) is 0 Å². The monoisotopic (exact) mass is 382 g/mol. The molecule has 0 radical (unpaired) electrons. The number of nitrogens with one attached hydrogen (secondary N) is 2. The molecule has 3 aromatic carbocycles. The highest BCUT2D eigenvalue weighted by Crippen LogP contribution is 2.25. The lowest BCUT2D eigenvalue weighted by Gasteiger charge is -2.11. The van der Waals surface area contributed by atoms with Crippen LogP contribution in [0.25, 0.3) is 0 Å². The van der Waals surface area contributed by atoms with Crippen LogP contribution in [0.15, 0.2) is 77.7 Å². The van der Waals surface area contributed by atoms with Crippen LogP contribution >= 0.6 is 0 Å². The van der Waals surface area contributed by atoms with Gasteiger partial charge in [-0.3, -0.25) is 9.52 Å². The Morgan fingerprint density at radius 3 is 2.37 bits per heavy atom. The van der Waals surface area contributed by atoms with E-state index in [2.05, 4.69) is 10.0 Å². The summed E-state index contributed by atoms with van der Waals surface area (Å²) in [5.74, 6) is -0.501. The lowest BCUT2D eigenvalue weighted by Crippen LogP contribution is -2.15. The van der Waals surface area contributed by atoms with Gasteiger partial charge in [0.2, 0.25) is 0 Å². The molecule has 0 bridgehead atoms. The Bertz CT molecular complexity index is 1080. The van der Waals surface area contributed by atoms with Gasteiger partial charge in [0.15, 0.2) is 0 Å². The predicted molar refractivity (Wildman–Crippen MR) is 104 cm³/mol. The molecule has 7 heteroatoms. The van der Waals surface area contributed by atoms with Crippen molar-refractivity contribution < 1.29 is 18.3 Å². The number of phenolic OH excluding ortho intramolecular Hbond substituents is 1. The number of amides is 1. The molecule has 138 valence electrons. The van der Waals surface area contributed by atoms with Crippen molar-refractivity contribution >= 4 is 27.3 Å². The number of carbonyl (C=O) groups excluding carboxylic acids is 1. The van der Waals surface area contributed by atoms with E-state index in [1.54, 1.807) is 54.6 Å². The molecule has 0 atom stereocenters.